The second-order valence-electron chi connectivity index (χ2n) is 6.36. The van der Waals surface area contributed by atoms with Crippen LogP contribution in [0.15, 0.2) is 29.2 Å². The number of rotatable bonds is 5. The second kappa shape index (κ2) is 5.54. The summed E-state index contributed by atoms with van der Waals surface area (Å²) in [6, 6.07) is 6.80. The van der Waals surface area contributed by atoms with Gasteiger partial charge in [0.15, 0.2) is 0 Å². The standard InChI is InChI=1S/C16H21NO3S/c1-11-2-6-14(7-3-11)21(19,20)17-16-13-5-4-12(10-13)15(16)8-9-18/h2-3,6-7,9,12-13,15-17H,4-5,8,10H2,1H3/t12-,13+,15+,16+/m1/s1. The lowest BCUT2D eigenvalue weighted by Gasteiger charge is -2.30. The maximum atomic E-state index is 12.5. The minimum absolute atomic E-state index is 0.0831. The molecule has 0 aliphatic heterocycles. The molecule has 4 atom stereocenters. The van der Waals surface area contributed by atoms with Crippen LogP contribution in [0.5, 0.6) is 0 Å². The Bertz CT molecular complexity index is 623. The van der Waals surface area contributed by atoms with Gasteiger partial charge >= 0.3 is 0 Å². The van der Waals surface area contributed by atoms with Crippen molar-refractivity contribution in [2.24, 2.45) is 17.8 Å². The molecule has 0 heterocycles. The lowest BCUT2D eigenvalue weighted by molar-refractivity contribution is -0.109. The Balaban J connectivity index is 1.81. The van der Waals surface area contributed by atoms with E-state index in [1.165, 1.54) is 0 Å². The van der Waals surface area contributed by atoms with E-state index in [1.807, 2.05) is 6.92 Å². The van der Waals surface area contributed by atoms with E-state index in [2.05, 4.69) is 4.72 Å². The van der Waals surface area contributed by atoms with Crippen LogP contribution in [0.4, 0.5) is 0 Å². The van der Waals surface area contributed by atoms with Gasteiger partial charge in [0.2, 0.25) is 10.0 Å². The average Bonchev–Trinajstić information content (AvgIpc) is 3.02. The van der Waals surface area contributed by atoms with Crippen molar-refractivity contribution in [1.29, 1.82) is 0 Å². The van der Waals surface area contributed by atoms with Crippen LogP contribution in [0.1, 0.15) is 31.2 Å². The van der Waals surface area contributed by atoms with Crippen LogP contribution in [0.2, 0.25) is 0 Å². The van der Waals surface area contributed by atoms with Gasteiger partial charge in [-0.15, -0.1) is 0 Å². The molecule has 114 valence electrons. The van der Waals surface area contributed by atoms with Crippen LogP contribution in [0, 0.1) is 24.7 Å². The van der Waals surface area contributed by atoms with E-state index >= 15 is 0 Å². The van der Waals surface area contributed by atoms with Gasteiger partial charge in [-0.1, -0.05) is 17.7 Å². The van der Waals surface area contributed by atoms with Crippen LogP contribution in [-0.4, -0.2) is 20.7 Å². The minimum atomic E-state index is -3.50. The lowest BCUT2D eigenvalue weighted by Crippen LogP contribution is -2.44. The highest BCUT2D eigenvalue weighted by Crippen LogP contribution is 2.49. The first-order chi connectivity index (χ1) is 10.0. The van der Waals surface area contributed by atoms with Gasteiger partial charge in [0.25, 0.3) is 0 Å². The molecule has 1 N–H and O–H groups in total. The van der Waals surface area contributed by atoms with Crippen molar-refractivity contribution in [2.45, 2.75) is 43.5 Å². The monoisotopic (exact) mass is 307 g/mol. The molecule has 0 spiro atoms. The number of aldehydes is 1. The number of carbonyl (C=O) groups excluding carboxylic acids is 1. The first-order valence-corrected chi connectivity index (χ1v) is 9.02. The molecule has 0 aromatic heterocycles. The Morgan fingerprint density at radius 3 is 2.52 bits per heavy atom. The molecule has 1 aromatic carbocycles. The van der Waals surface area contributed by atoms with E-state index in [0.29, 0.717) is 23.2 Å². The van der Waals surface area contributed by atoms with Crippen LogP contribution >= 0.6 is 0 Å². The van der Waals surface area contributed by atoms with Crippen molar-refractivity contribution in [3.05, 3.63) is 29.8 Å². The third kappa shape index (κ3) is 2.77. The normalized spacial score (nSPS) is 31.5. The van der Waals surface area contributed by atoms with Crippen LogP contribution in [-0.2, 0) is 14.8 Å². The summed E-state index contributed by atoms with van der Waals surface area (Å²) in [5, 5.41) is 0. The number of carbonyl (C=O) groups is 1. The molecule has 0 amide bonds. The summed E-state index contributed by atoms with van der Waals surface area (Å²) < 4.78 is 27.9. The molecule has 1 aromatic rings. The zero-order chi connectivity index (χ0) is 15.0. The van der Waals surface area contributed by atoms with Crippen LogP contribution in [0.25, 0.3) is 0 Å². The zero-order valence-corrected chi connectivity index (χ0v) is 13.0. The van der Waals surface area contributed by atoms with Gasteiger partial charge in [0.1, 0.15) is 6.29 Å². The molecule has 3 rings (SSSR count). The molecule has 2 bridgehead atoms. The molecule has 0 unspecified atom stereocenters. The quantitative estimate of drug-likeness (QED) is 0.849. The van der Waals surface area contributed by atoms with Crippen molar-refractivity contribution in [1.82, 2.24) is 4.72 Å². The van der Waals surface area contributed by atoms with E-state index in [1.54, 1.807) is 24.3 Å². The average molecular weight is 307 g/mol. The third-order valence-corrected chi connectivity index (χ3v) is 6.55. The summed E-state index contributed by atoms with van der Waals surface area (Å²) >= 11 is 0. The molecule has 2 aliphatic rings. The highest BCUT2D eigenvalue weighted by Gasteiger charge is 2.48. The molecule has 2 saturated carbocycles. The second-order valence-corrected chi connectivity index (χ2v) is 8.07. The van der Waals surface area contributed by atoms with Crippen molar-refractivity contribution >= 4 is 16.3 Å². The Hall–Kier alpha value is -1.20. The van der Waals surface area contributed by atoms with Crippen LogP contribution in [0.3, 0.4) is 0 Å². The Morgan fingerprint density at radius 2 is 1.86 bits per heavy atom. The third-order valence-electron chi connectivity index (χ3n) is 5.08. The van der Waals surface area contributed by atoms with Crippen molar-refractivity contribution < 1.29 is 13.2 Å². The smallest absolute Gasteiger partial charge is 0.240 e. The van der Waals surface area contributed by atoms with Crippen molar-refractivity contribution in [2.75, 3.05) is 0 Å². The minimum Gasteiger partial charge on any atom is -0.303 e. The molecule has 0 radical (unpaired) electrons. The molecule has 5 heteroatoms. The molecule has 2 fully saturated rings. The number of hydrogen-bond acceptors (Lipinski definition) is 3. The maximum Gasteiger partial charge on any atom is 0.240 e. The Labute approximate surface area is 126 Å². The summed E-state index contributed by atoms with van der Waals surface area (Å²) in [7, 11) is -3.50. The van der Waals surface area contributed by atoms with E-state index in [-0.39, 0.29) is 12.0 Å². The fourth-order valence-corrected chi connectivity index (χ4v) is 5.36. The van der Waals surface area contributed by atoms with Gasteiger partial charge in [-0.2, -0.15) is 0 Å². The van der Waals surface area contributed by atoms with Gasteiger partial charge in [-0.25, -0.2) is 13.1 Å². The summed E-state index contributed by atoms with van der Waals surface area (Å²) in [5.41, 5.74) is 1.03. The van der Waals surface area contributed by atoms with Gasteiger partial charge in [0.05, 0.1) is 4.90 Å². The SMILES string of the molecule is Cc1ccc(S(=O)(=O)N[C@H]2[C@H]3CC[C@H](C3)[C@@H]2CC=O)cc1. The summed E-state index contributed by atoms with van der Waals surface area (Å²) in [6.45, 7) is 1.93. The van der Waals surface area contributed by atoms with Crippen molar-refractivity contribution in [3.63, 3.8) is 0 Å². The van der Waals surface area contributed by atoms with Crippen molar-refractivity contribution in [3.8, 4) is 0 Å². The number of benzene rings is 1. The maximum absolute atomic E-state index is 12.5. The Kier molecular flexibility index (Phi) is 3.88. The largest absolute Gasteiger partial charge is 0.303 e. The predicted molar refractivity (Wildman–Crippen MR) is 80.3 cm³/mol. The van der Waals surface area contributed by atoms with E-state index in [9.17, 15) is 13.2 Å². The number of hydrogen-bond donors (Lipinski definition) is 1. The summed E-state index contributed by atoms with van der Waals surface area (Å²) in [4.78, 5) is 11.2. The van der Waals surface area contributed by atoms with E-state index in [4.69, 9.17) is 0 Å². The van der Waals surface area contributed by atoms with Crippen LogP contribution < -0.4 is 4.72 Å². The topological polar surface area (TPSA) is 63.2 Å². The predicted octanol–water partition coefficient (Wildman–Crippen LogP) is 2.28. The number of nitrogens with one attached hydrogen (secondary N) is 1. The fourth-order valence-electron chi connectivity index (χ4n) is 4.01. The number of fused-ring (bicyclic) bond motifs is 2. The molecule has 0 saturated heterocycles. The first-order valence-electron chi connectivity index (χ1n) is 7.54. The number of sulfonamides is 1. The van der Waals surface area contributed by atoms with Gasteiger partial charge in [0, 0.05) is 12.5 Å². The lowest BCUT2D eigenvalue weighted by atomic mass is 9.83. The van der Waals surface area contributed by atoms with Gasteiger partial charge < -0.3 is 4.79 Å². The van der Waals surface area contributed by atoms with Gasteiger partial charge in [-0.3, -0.25) is 0 Å². The molecule has 4 nitrogen and oxygen atoms in total. The molecular weight excluding hydrogens is 286 g/mol. The highest BCUT2D eigenvalue weighted by atomic mass is 32.2. The number of aryl methyl sites for hydroxylation is 1. The molecule has 2 aliphatic carbocycles. The van der Waals surface area contributed by atoms with Gasteiger partial charge in [-0.05, 0) is 56.1 Å². The van der Waals surface area contributed by atoms with E-state index < -0.39 is 10.0 Å². The molecular formula is C16H21NO3S. The fraction of sp³-hybridized carbons (Fsp3) is 0.562. The first kappa shape index (κ1) is 14.7. The molecule has 21 heavy (non-hydrogen) atoms. The summed E-state index contributed by atoms with van der Waals surface area (Å²) in [5.74, 6) is 1.06. The van der Waals surface area contributed by atoms with E-state index in [0.717, 1.165) is 31.1 Å². The highest BCUT2D eigenvalue weighted by molar-refractivity contribution is 7.89. The zero-order valence-electron chi connectivity index (χ0n) is 12.2. The summed E-state index contributed by atoms with van der Waals surface area (Å²) in [6.07, 6.45) is 4.65. The Morgan fingerprint density at radius 1 is 1.19 bits per heavy atom.